The Hall–Kier alpha value is -2.68. The lowest BCUT2D eigenvalue weighted by Crippen LogP contribution is -2.44. The number of hydrogen-bond acceptors (Lipinski definition) is 6. The molecular formula is C19H24N2O6S. The van der Waals surface area contributed by atoms with Gasteiger partial charge in [-0.05, 0) is 37.1 Å². The second-order valence-corrected chi connectivity index (χ2v) is 8.83. The third kappa shape index (κ3) is 4.41. The van der Waals surface area contributed by atoms with E-state index in [0.717, 1.165) is 0 Å². The van der Waals surface area contributed by atoms with Crippen molar-refractivity contribution < 1.29 is 27.1 Å². The molecule has 1 aliphatic rings. The second-order valence-electron chi connectivity index (χ2n) is 6.54. The number of methoxy groups -OCH3 is 2. The number of likely N-dealkylation sites (tertiary alicyclic amines) is 1. The first-order valence-electron chi connectivity index (χ1n) is 8.95. The van der Waals surface area contributed by atoms with E-state index in [-0.39, 0.29) is 11.8 Å². The zero-order valence-electron chi connectivity index (χ0n) is 15.9. The van der Waals surface area contributed by atoms with E-state index in [2.05, 4.69) is 5.32 Å². The summed E-state index contributed by atoms with van der Waals surface area (Å²) in [6.45, 7) is 0.723. The van der Waals surface area contributed by atoms with Gasteiger partial charge in [-0.15, -0.1) is 0 Å². The molecule has 1 N–H and O–H groups in total. The molecule has 152 valence electrons. The Labute approximate surface area is 164 Å². The standard InChI is InChI=1S/C19H24N2O6S/c1-25-17-7-3-6-16(18(17)26-2)20-19(22)21-10-8-15(9-11-21)28(23,24)13-14-5-4-12-27-14/h3-7,12,15H,8-11,13H2,1-2H3,(H,20,22). The number of carbonyl (C=O) groups is 1. The summed E-state index contributed by atoms with van der Waals surface area (Å²) < 4.78 is 40.8. The molecule has 0 aliphatic carbocycles. The van der Waals surface area contributed by atoms with Crippen LogP contribution >= 0.6 is 0 Å². The molecule has 1 aromatic heterocycles. The van der Waals surface area contributed by atoms with Gasteiger partial charge in [-0.25, -0.2) is 13.2 Å². The first-order valence-corrected chi connectivity index (χ1v) is 10.7. The summed E-state index contributed by atoms with van der Waals surface area (Å²) in [7, 11) is -0.295. The van der Waals surface area contributed by atoms with Crippen molar-refractivity contribution in [2.24, 2.45) is 0 Å². The van der Waals surface area contributed by atoms with E-state index >= 15 is 0 Å². The molecule has 1 saturated heterocycles. The molecule has 0 spiro atoms. The molecule has 0 atom stereocenters. The van der Waals surface area contributed by atoms with Crippen LogP contribution in [-0.2, 0) is 15.6 Å². The van der Waals surface area contributed by atoms with Gasteiger partial charge in [-0.3, -0.25) is 0 Å². The monoisotopic (exact) mass is 408 g/mol. The average molecular weight is 408 g/mol. The Morgan fingerprint density at radius 2 is 1.93 bits per heavy atom. The normalized spacial score (nSPS) is 15.3. The van der Waals surface area contributed by atoms with Gasteiger partial charge in [-0.1, -0.05) is 6.07 Å². The Balaban J connectivity index is 1.60. The zero-order chi connectivity index (χ0) is 20.1. The fourth-order valence-corrected chi connectivity index (χ4v) is 5.03. The number of rotatable bonds is 6. The third-order valence-corrected chi connectivity index (χ3v) is 6.98. The van der Waals surface area contributed by atoms with Crippen molar-refractivity contribution in [1.29, 1.82) is 0 Å². The molecule has 2 amide bonds. The molecule has 2 aromatic rings. The van der Waals surface area contributed by atoms with Crippen LogP contribution in [-0.4, -0.2) is 51.9 Å². The summed E-state index contributed by atoms with van der Waals surface area (Å²) in [6, 6.07) is 8.24. The van der Waals surface area contributed by atoms with Crippen LogP contribution < -0.4 is 14.8 Å². The number of furan rings is 1. The fourth-order valence-electron chi connectivity index (χ4n) is 3.31. The number of anilines is 1. The van der Waals surface area contributed by atoms with Crippen LogP contribution in [0.15, 0.2) is 41.0 Å². The van der Waals surface area contributed by atoms with E-state index in [4.69, 9.17) is 13.9 Å². The van der Waals surface area contributed by atoms with E-state index in [1.807, 2.05) is 0 Å². The van der Waals surface area contributed by atoms with Gasteiger partial charge in [0.1, 0.15) is 11.5 Å². The molecule has 9 heteroatoms. The highest BCUT2D eigenvalue weighted by molar-refractivity contribution is 7.91. The van der Waals surface area contributed by atoms with Gasteiger partial charge in [-0.2, -0.15) is 0 Å². The summed E-state index contributed by atoms with van der Waals surface area (Å²) in [5, 5.41) is 2.33. The first-order chi connectivity index (χ1) is 13.4. The van der Waals surface area contributed by atoms with E-state index in [0.29, 0.717) is 48.9 Å². The number of urea groups is 1. The molecule has 28 heavy (non-hydrogen) atoms. The van der Waals surface area contributed by atoms with E-state index < -0.39 is 15.1 Å². The number of amides is 2. The minimum Gasteiger partial charge on any atom is -0.493 e. The molecule has 0 unspecified atom stereocenters. The van der Waals surface area contributed by atoms with Gasteiger partial charge in [0.15, 0.2) is 21.3 Å². The molecule has 3 rings (SSSR count). The minimum atomic E-state index is -3.32. The first kappa shape index (κ1) is 20.1. The Kier molecular flexibility index (Phi) is 6.13. The second kappa shape index (κ2) is 8.55. The van der Waals surface area contributed by atoms with Crippen LogP contribution in [0.25, 0.3) is 0 Å². The summed E-state index contributed by atoms with van der Waals surface area (Å²) in [5.41, 5.74) is 0.499. The van der Waals surface area contributed by atoms with Crippen molar-refractivity contribution in [3.63, 3.8) is 0 Å². The number of benzene rings is 1. The maximum absolute atomic E-state index is 12.6. The van der Waals surface area contributed by atoms with Crippen LogP contribution in [0.3, 0.4) is 0 Å². The van der Waals surface area contributed by atoms with Gasteiger partial charge in [0.05, 0.1) is 31.4 Å². The molecule has 1 fully saturated rings. The lowest BCUT2D eigenvalue weighted by molar-refractivity contribution is 0.200. The summed E-state index contributed by atoms with van der Waals surface area (Å²) in [6.07, 6.45) is 2.25. The number of piperidine rings is 1. The minimum absolute atomic E-state index is 0.113. The molecule has 1 aromatic carbocycles. The van der Waals surface area contributed by atoms with Crippen molar-refractivity contribution >= 4 is 21.6 Å². The number of para-hydroxylation sites is 1. The molecule has 0 radical (unpaired) electrons. The Bertz CT molecular complexity index is 903. The van der Waals surface area contributed by atoms with Gasteiger partial charge in [0, 0.05) is 13.1 Å². The van der Waals surface area contributed by atoms with Gasteiger partial charge < -0.3 is 24.1 Å². The van der Waals surface area contributed by atoms with Crippen LogP contribution in [0.5, 0.6) is 11.5 Å². The number of nitrogens with one attached hydrogen (secondary N) is 1. The topological polar surface area (TPSA) is 98.1 Å². The zero-order valence-corrected chi connectivity index (χ0v) is 16.7. The van der Waals surface area contributed by atoms with Crippen molar-refractivity contribution in [3.05, 3.63) is 42.4 Å². The lowest BCUT2D eigenvalue weighted by Gasteiger charge is -2.31. The van der Waals surface area contributed by atoms with Gasteiger partial charge in [0.25, 0.3) is 0 Å². The van der Waals surface area contributed by atoms with Crippen LogP contribution in [0.1, 0.15) is 18.6 Å². The van der Waals surface area contributed by atoms with E-state index in [1.54, 1.807) is 35.2 Å². The van der Waals surface area contributed by atoms with Crippen molar-refractivity contribution in [3.8, 4) is 11.5 Å². The maximum atomic E-state index is 12.6. The van der Waals surface area contributed by atoms with Crippen LogP contribution in [0.2, 0.25) is 0 Å². The number of ether oxygens (including phenoxy) is 2. The van der Waals surface area contributed by atoms with Crippen molar-refractivity contribution in [2.45, 2.75) is 23.8 Å². The summed E-state index contributed by atoms with van der Waals surface area (Å²) in [5.74, 6) is 1.28. The third-order valence-electron chi connectivity index (χ3n) is 4.81. The predicted octanol–water partition coefficient (Wildman–Crippen LogP) is 2.91. The van der Waals surface area contributed by atoms with Crippen molar-refractivity contribution in [2.75, 3.05) is 32.6 Å². The molecule has 0 bridgehead atoms. The molecule has 0 saturated carbocycles. The van der Waals surface area contributed by atoms with E-state index in [9.17, 15) is 13.2 Å². The number of carbonyl (C=O) groups excluding carboxylic acids is 1. The summed E-state index contributed by atoms with van der Waals surface area (Å²) >= 11 is 0. The maximum Gasteiger partial charge on any atom is 0.321 e. The van der Waals surface area contributed by atoms with Gasteiger partial charge >= 0.3 is 6.03 Å². The molecule has 1 aliphatic heterocycles. The highest BCUT2D eigenvalue weighted by atomic mass is 32.2. The largest absolute Gasteiger partial charge is 0.493 e. The molecule has 2 heterocycles. The molecular weight excluding hydrogens is 384 g/mol. The number of hydrogen-bond donors (Lipinski definition) is 1. The van der Waals surface area contributed by atoms with E-state index in [1.165, 1.54) is 20.5 Å². The Morgan fingerprint density at radius 3 is 2.54 bits per heavy atom. The highest BCUT2D eigenvalue weighted by Gasteiger charge is 2.32. The number of nitrogens with zero attached hydrogens (tertiary/aromatic N) is 1. The fraction of sp³-hybridized carbons (Fsp3) is 0.421. The number of sulfone groups is 1. The van der Waals surface area contributed by atoms with Crippen LogP contribution in [0, 0.1) is 0 Å². The Morgan fingerprint density at radius 1 is 1.18 bits per heavy atom. The lowest BCUT2D eigenvalue weighted by atomic mass is 10.1. The van der Waals surface area contributed by atoms with Crippen LogP contribution in [0.4, 0.5) is 10.5 Å². The average Bonchev–Trinajstić information content (AvgIpc) is 3.20. The quantitative estimate of drug-likeness (QED) is 0.789. The predicted molar refractivity (Wildman–Crippen MR) is 104 cm³/mol. The SMILES string of the molecule is COc1cccc(NC(=O)N2CCC(S(=O)(=O)Cc3ccco3)CC2)c1OC. The van der Waals surface area contributed by atoms with Gasteiger partial charge in [0.2, 0.25) is 0 Å². The van der Waals surface area contributed by atoms with Crippen molar-refractivity contribution in [1.82, 2.24) is 4.90 Å². The summed E-state index contributed by atoms with van der Waals surface area (Å²) in [4.78, 5) is 14.2. The molecule has 8 nitrogen and oxygen atoms in total. The smallest absolute Gasteiger partial charge is 0.321 e. The highest BCUT2D eigenvalue weighted by Crippen LogP contribution is 2.35.